The molecule has 0 saturated carbocycles. The van der Waals surface area contributed by atoms with Gasteiger partial charge in [-0.05, 0) is 61.4 Å². The van der Waals surface area contributed by atoms with Crippen LogP contribution in [0.1, 0.15) is 29.8 Å². The van der Waals surface area contributed by atoms with Gasteiger partial charge < -0.3 is 15.4 Å². The summed E-state index contributed by atoms with van der Waals surface area (Å²) in [4.78, 5) is 25.2. The van der Waals surface area contributed by atoms with Gasteiger partial charge in [0.15, 0.2) is 0 Å². The van der Waals surface area contributed by atoms with E-state index in [0.29, 0.717) is 11.4 Å². The minimum absolute atomic E-state index is 0.0986. The summed E-state index contributed by atoms with van der Waals surface area (Å²) in [7, 11) is 0. The van der Waals surface area contributed by atoms with Crippen molar-refractivity contribution in [3.05, 3.63) is 89.7 Å². The minimum Gasteiger partial charge on any atom is -0.457 e. The number of nitrogens with one attached hydrogen (secondary N) is 2. The summed E-state index contributed by atoms with van der Waals surface area (Å²) in [5.41, 5.74) is 1.61. The Balaban J connectivity index is 1.64. The second kappa shape index (κ2) is 9.89. The highest BCUT2D eigenvalue weighted by Gasteiger charge is 2.25. The number of hydrogen-bond acceptors (Lipinski definition) is 3. The maximum Gasteiger partial charge on any atom is 0.254 e. The second-order valence-corrected chi connectivity index (χ2v) is 7.60. The van der Waals surface area contributed by atoms with Crippen molar-refractivity contribution in [3.63, 3.8) is 0 Å². The number of ether oxygens (including phenoxy) is 1. The summed E-state index contributed by atoms with van der Waals surface area (Å²) >= 11 is 0. The summed E-state index contributed by atoms with van der Waals surface area (Å²) < 4.78 is 19.7. The largest absolute Gasteiger partial charge is 0.457 e. The van der Waals surface area contributed by atoms with Crippen molar-refractivity contribution in [2.75, 3.05) is 5.32 Å². The Morgan fingerprint density at radius 3 is 2.03 bits per heavy atom. The van der Waals surface area contributed by atoms with Crippen LogP contribution in [0.5, 0.6) is 11.5 Å². The molecule has 2 N–H and O–H groups in total. The Kier molecular flexibility index (Phi) is 7.03. The topological polar surface area (TPSA) is 67.4 Å². The number of aryl methyl sites for hydroxylation is 1. The maximum absolute atomic E-state index is 13.9. The molecule has 3 aromatic rings. The van der Waals surface area contributed by atoms with E-state index in [9.17, 15) is 14.0 Å². The predicted octanol–water partition coefficient (Wildman–Crippen LogP) is 5.32. The van der Waals surface area contributed by atoms with E-state index in [1.807, 2.05) is 45.0 Å². The van der Waals surface area contributed by atoms with Gasteiger partial charge in [0, 0.05) is 5.69 Å². The number of anilines is 1. The lowest BCUT2D eigenvalue weighted by molar-refractivity contribution is -0.118. The van der Waals surface area contributed by atoms with Crippen molar-refractivity contribution >= 4 is 17.5 Å². The summed E-state index contributed by atoms with van der Waals surface area (Å²) in [6.07, 6.45) is 0. The molecular weight excluding hydrogens is 395 g/mol. The Morgan fingerprint density at radius 1 is 0.871 bits per heavy atom. The van der Waals surface area contributed by atoms with Crippen LogP contribution in [-0.4, -0.2) is 17.9 Å². The van der Waals surface area contributed by atoms with Gasteiger partial charge in [0.2, 0.25) is 5.91 Å². The van der Waals surface area contributed by atoms with Crippen molar-refractivity contribution in [3.8, 4) is 11.5 Å². The lowest BCUT2D eigenvalue weighted by atomic mass is 10.0. The molecule has 0 aliphatic rings. The zero-order valence-corrected chi connectivity index (χ0v) is 17.7. The standard InChI is InChI=1S/C25H25FN2O3/c1-16(2)23(28-24(29)21-6-4-5-7-22(21)26)25(30)27-18-10-14-20(15-11-18)31-19-12-8-17(3)9-13-19/h4-16,23H,1-3H3,(H,27,30)(H,28,29)/t23-/m0/s1. The average Bonchev–Trinajstić information content (AvgIpc) is 2.75. The molecule has 0 aliphatic heterocycles. The van der Waals surface area contributed by atoms with Crippen LogP contribution < -0.4 is 15.4 Å². The molecule has 31 heavy (non-hydrogen) atoms. The maximum atomic E-state index is 13.9. The van der Waals surface area contributed by atoms with Crippen molar-refractivity contribution < 1.29 is 18.7 Å². The van der Waals surface area contributed by atoms with Crippen LogP contribution in [0, 0.1) is 18.7 Å². The number of halogens is 1. The van der Waals surface area contributed by atoms with E-state index < -0.39 is 17.8 Å². The van der Waals surface area contributed by atoms with E-state index in [-0.39, 0.29) is 17.4 Å². The fraction of sp³-hybridized carbons (Fsp3) is 0.200. The molecule has 5 nitrogen and oxygen atoms in total. The third kappa shape index (κ3) is 5.92. The Bertz CT molecular complexity index is 1050. The lowest BCUT2D eigenvalue weighted by Crippen LogP contribution is -2.47. The SMILES string of the molecule is Cc1ccc(Oc2ccc(NC(=O)[C@@H](NC(=O)c3ccccc3F)C(C)C)cc2)cc1. The molecule has 0 bridgehead atoms. The molecule has 160 valence electrons. The number of benzene rings is 3. The van der Waals surface area contributed by atoms with Gasteiger partial charge in [0.05, 0.1) is 5.56 Å². The van der Waals surface area contributed by atoms with Gasteiger partial charge in [-0.2, -0.15) is 0 Å². The Labute approximate surface area is 181 Å². The fourth-order valence-corrected chi connectivity index (χ4v) is 2.97. The summed E-state index contributed by atoms with van der Waals surface area (Å²) in [5, 5.41) is 5.42. The van der Waals surface area contributed by atoms with Crippen LogP contribution in [0.2, 0.25) is 0 Å². The van der Waals surface area contributed by atoms with Gasteiger partial charge in [-0.15, -0.1) is 0 Å². The van der Waals surface area contributed by atoms with E-state index in [1.54, 1.807) is 30.3 Å². The number of rotatable bonds is 7. The molecule has 0 unspecified atom stereocenters. The first-order chi connectivity index (χ1) is 14.8. The van der Waals surface area contributed by atoms with E-state index in [4.69, 9.17) is 4.74 Å². The molecule has 0 saturated heterocycles. The van der Waals surface area contributed by atoms with Crippen molar-refractivity contribution in [1.29, 1.82) is 0 Å². The third-order valence-electron chi connectivity index (χ3n) is 4.73. The highest BCUT2D eigenvalue weighted by atomic mass is 19.1. The molecule has 0 heterocycles. The molecule has 2 amide bonds. The highest BCUT2D eigenvalue weighted by Crippen LogP contribution is 2.23. The Morgan fingerprint density at radius 2 is 1.45 bits per heavy atom. The van der Waals surface area contributed by atoms with Crippen LogP contribution in [0.25, 0.3) is 0 Å². The number of carbonyl (C=O) groups excluding carboxylic acids is 2. The van der Waals surface area contributed by atoms with Gasteiger partial charge in [0.25, 0.3) is 5.91 Å². The van der Waals surface area contributed by atoms with Gasteiger partial charge in [-0.1, -0.05) is 43.7 Å². The molecule has 0 radical (unpaired) electrons. The predicted molar refractivity (Wildman–Crippen MR) is 119 cm³/mol. The first-order valence-corrected chi connectivity index (χ1v) is 10.0. The molecule has 3 rings (SSSR count). The first-order valence-electron chi connectivity index (χ1n) is 10.0. The van der Waals surface area contributed by atoms with Crippen molar-refractivity contribution in [2.45, 2.75) is 26.8 Å². The molecule has 0 aliphatic carbocycles. The quantitative estimate of drug-likeness (QED) is 0.544. The molecule has 3 aromatic carbocycles. The van der Waals surface area contributed by atoms with E-state index in [2.05, 4.69) is 10.6 Å². The molecule has 0 spiro atoms. The van der Waals surface area contributed by atoms with Crippen LogP contribution in [0.3, 0.4) is 0 Å². The number of hydrogen-bond donors (Lipinski definition) is 2. The minimum atomic E-state index is -0.824. The van der Waals surface area contributed by atoms with E-state index in [1.165, 1.54) is 18.2 Å². The second-order valence-electron chi connectivity index (χ2n) is 7.60. The van der Waals surface area contributed by atoms with Crippen LogP contribution in [-0.2, 0) is 4.79 Å². The van der Waals surface area contributed by atoms with Crippen molar-refractivity contribution in [2.24, 2.45) is 5.92 Å². The molecule has 0 aromatic heterocycles. The van der Waals surface area contributed by atoms with Crippen molar-refractivity contribution in [1.82, 2.24) is 5.32 Å². The molecular formula is C25H25FN2O3. The molecule has 0 fully saturated rings. The highest BCUT2D eigenvalue weighted by molar-refractivity contribution is 6.01. The monoisotopic (exact) mass is 420 g/mol. The summed E-state index contributed by atoms with van der Waals surface area (Å²) in [6.45, 7) is 5.62. The lowest BCUT2D eigenvalue weighted by Gasteiger charge is -2.22. The normalized spacial score (nSPS) is 11.6. The third-order valence-corrected chi connectivity index (χ3v) is 4.73. The zero-order chi connectivity index (χ0) is 22.4. The van der Waals surface area contributed by atoms with Crippen LogP contribution >= 0.6 is 0 Å². The van der Waals surface area contributed by atoms with Gasteiger partial charge >= 0.3 is 0 Å². The van der Waals surface area contributed by atoms with Crippen LogP contribution in [0.15, 0.2) is 72.8 Å². The summed E-state index contributed by atoms with van der Waals surface area (Å²) in [6, 6.07) is 19.5. The van der Waals surface area contributed by atoms with Gasteiger partial charge in [-0.3, -0.25) is 9.59 Å². The van der Waals surface area contributed by atoms with E-state index >= 15 is 0 Å². The smallest absolute Gasteiger partial charge is 0.254 e. The fourth-order valence-electron chi connectivity index (χ4n) is 2.97. The summed E-state index contributed by atoms with van der Waals surface area (Å²) in [5.74, 6) is -0.485. The van der Waals surface area contributed by atoms with Crippen LogP contribution in [0.4, 0.5) is 10.1 Å². The zero-order valence-electron chi connectivity index (χ0n) is 17.7. The van der Waals surface area contributed by atoms with Gasteiger partial charge in [-0.25, -0.2) is 4.39 Å². The van der Waals surface area contributed by atoms with Gasteiger partial charge in [0.1, 0.15) is 23.4 Å². The number of carbonyl (C=O) groups is 2. The van der Waals surface area contributed by atoms with E-state index in [0.717, 1.165) is 11.3 Å². The average molecular weight is 420 g/mol. The number of amides is 2. The Hall–Kier alpha value is -3.67. The molecule has 1 atom stereocenters. The molecule has 6 heteroatoms. The first kappa shape index (κ1) is 22.0.